The van der Waals surface area contributed by atoms with Gasteiger partial charge in [-0.05, 0) is 25.3 Å². The minimum absolute atomic E-state index is 0.0495. The van der Waals surface area contributed by atoms with E-state index in [1.807, 2.05) is 31.2 Å². The van der Waals surface area contributed by atoms with Crippen molar-refractivity contribution in [1.29, 1.82) is 0 Å². The number of hydrogen-bond acceptors (Lipinski definition) is 5. The average Bonchev–Trinajstić information content (AvgIpc) is 3.12. The monoisotopic (exact) mass is 332 g/mol. The van der Waals surface area contributed by atoms with Crippen LogP contribution in [-0.2, 0) is 9.63 Å². The molecular weight excluding hydrogens is 308 g/mol. The molecule has 1 unspecified atom stereocenters. The number of rotatable bonds is 4. The summed E-state index contributed by atoms with van der Waals surface area (Å²) in [6.45, 7) is 2.98. The van der Waals surface area contributed by atoms with Gasteiger partial charge < -0.3 is 20.0 Å². The molecule has 1 aromatic carbocycles. The SMILES string of the molecule is Cc1ccc(C2=NOC(C(=O)N3CCC(CO)(CO)CC3)C2)cc1. The zero-order valence-electron chi connectivity index (χ0n) is 13.9. The molecule has 2 heterocycles. The summed E-state index contributed by atoms with van der Waals surface area (Å²) in [6, 6.07) is 8.01. The minimum atomic E-state index is -0.572. The largest absolute Gasteiger partial charge is 0.396 e. The van der Waals surface area contributed by atoms with E-state index in [9.17, 15) is 15.0 Å². The first kappa shape index (κ1) is 16.9. The van der Waals surface area contributed by atoms with Crippen molar-refractivity contribution in [3.63, 3.8) is 0 Å². The third-order valence-corrected chi connectivity index (χ3v) is 5.14. The van der Waals surface area contributed by atoms with Gasteiger partial charge in [0, 0.05) is 24.9 Å². The van der Waals surface area contributed by atoms with Crippen molar-refractivity contribution in [2.75, 3.05) is 26.3 Å². The second-order valence-electron chi connectivity index (χ2n) is 6.84. The van der Waals surface area contributed by atoms with E-state index in [2.05, 4.69) is 5.16 Å². The van der Waals surface area contributed by atoms with Gasteiger partial charge in [0.2, 0.25) is 6.10 Å². The van der Waals surface area contributed by atoms with Gasteiger partial charge in [0.1, 0.15) is 0 Å². The van der Waals surface area contributed by atoms with Crippen molar-refractivity contribution in [2.24, 2.45) is 10.6 Å². The molecule has 130 valence electrons. The number of benzene rings is 1. The molecule has 1 amide bonds. The fourth-order valence-corrected chi connectivity index (χ4v) is 3.20. The smallest absolute Gasteiger partial charge is 0.266 e. The van der Waals surface area contributed by atoms with Crippen LogP contribution in [-0.4, -0.2) is 59.1 Å². The zero-order valence-corrected chi connectivity index (χ0v) is 13.9. The van der Waals surface area contributed by atoms with Crippen LogP contribution in [0.3, 0.4) is 0 Å². The van der Waals surface area contributed by atoms with Gasteiger partial charge >= 0.3 is 0 Å². The lowest BCUT2D eigenvalue weighted by Gasteiger charge is -2.39. The van der Waals surface area contributed by atoms with Crippen LogP contribution in [0.5, 0.6) is 0 Å². The molecule has 6 heteroatoms. The van der Waals surface area contributed by atoms with E-state index in [0.29, 0.717) is 32.4 Å². The van der Waals surface area contributed by atoms with Gasteiger partial charge in [-0.15, -0.1) is 0 Å². The van der Waals surface area contributed by atoms with Crippen LogP contribution in [0.15, 0.2) is 29.4 Å². The number of hydrogen-bond donors (Lipinski definition) is 2. The lowest BCUT2D eigenvalue weighted by atomic mass is 9.80. The molecule has 6 nitrogen and oxygen atoms in total. The Kier molecular flexibility index (Phi) is 4.87. The lowest BCUT2D eigenvalue weighted by Crippen LogP contribution is -2.49. The second-order valence-corrected chi connectivity index (χ2v) is 6.84. The van der Waals surface area contributed by atoms with Gasteiger partial charge in [-0.2, -0.15) is 0 Å². The molecule has 0 radical (unpaired) electrons. The average molecular weight is 332 g/mol. The van der Waals surface area contributed by atoms with Crippen molar-refractivity contribution in [1.82, 2.24) is 4.90 Å². The number of nitrogens with zero attached hydrogens (tertiary/aromatic N) is 2. The molecule has 2 aliphatic heterocycles. The summed E-state index contributed by atoms with van der Waals surface area (Å²) < 4.78 is 0. The van der Waals surface area contributed by atoms with E-state index in [1.165, 1.54) is 5.56 Å². The van der Waals surface area contributed by atoms with Crippen molar-refractivity contribution in [3.8, 4) is 0 Å². The van der Waals surface area contributed by atoms with E-state index in [4.69, 9.17) is 4.84 Å². The fourth-order valence-electron chi connectivity index (χ4n) is 3.20. The molecule has 2 N–H and O–H groups in total. The van der Waals surface area contributed by atoms with Crippen LogP contribution in [0.25, 0.3) is 0 Å². The molecular formula is C18H24N2O4. The van der Waals surface area contributed by atoms with Crippen LogP contribution in [0, 0.1) is 12.3 Å². The van der Waals surface area contributed by atoms with Crippen LogP contribution < -0.4 is 0 Å². The summed E-state index contributed by atoms with van der Waals surface area (Å²) in [4.78, 5) is 19.7. The Bertz CT molecular complexity index is 612. The molecule has 2 aliphatic rings. The Morgan fingerprint density at radius 3 is 2.46 bits per heavy atom. The van der Waals surface area contributed by atoms with E-state index in [0.717, 1.165) is 11.3 Å². The number of likely N-dealkylation sites (tertiary alicyclic amines) is 1. The van der Waals surface area contributed by atoms with Crippen molar-refractivity contribution < 1.29 is 19.8 Å². The molecule has 0 bridgehead atoms. The van der Waals surface area contributed by atoms with E-state index >= 15 is 0 Å². The summed E-state index contributed by atoms with van der Waals surface area (Å²) in [5, 5.41) is 23.0. The molecule has 3 rings (SSSR count). The number of carbonyl (C=O) groups excluding carboxylic acids is 1. The first-order valence-electron chi connectivity index (χ1n) is 8.37. The molecule has 0 aromatic heterocycles. The third-order valence-electron chi connectivity index (χ3n) is 5.14. The lowest BCUT2D eigenvalue weighted by molar-refractivity contribution is -0.145. The molecule has 0 spiro atoms. The summed E-state index contributed by atoms with van der Waals surface area (Å²) in [6.07, 6.45) is 1.11. The van der Waals surface area contributed by atoms with E-state index < -0.39 is 11.5 Å². The third kappa shape index (κ3) is 3.30. The maximum atomic E-state index is 12.6. The van der Waals surface area contributed by atoms with Crippen molar-refractivity contribution in [3.05, 3.63) is 35.4 Å². The number of carbonyl (C=O) groups is 1. The number of oxime groups is 1. The van der Waals surface area contributed by atoms with Gasteiger partial charge in [0.15, 0.2) is 0 Å². The van der Waals surface area contributed by atoms with Gasteiger partial charge in [0.05, 0.1) is 18.9 Å². The summed E-state index contributed by atoms with van der Waals surface area (Å²) in [5.74, 6) is -0.0645. The van der Waals surface area contributed by atoms with Gasteiger partial charge in [-0.3, -0.25) is 4.79 Å². The Hall–Kier alpha value is -1.92. The molecule has 1 aromatic rings. The highest BCUT2D eigenvalue weighted by Gasteiger charge is 2.38. The number of aliphatic hydroxyl groups excluding tert-OH is 2. The van der Waals surface area contributed by atoms with Crippen LogP contribution in [0.4, 0.5) is 0 Å². The minimum Gasteiger partial charge on any atom is -0.396 e. The van der Waals surface area contributed by atoms with E-state index in [-0.39, 0.29) is 19.1 Å². The predicted molar refractivity (Wildman–Crippen MR) is 89.6 cm³/mol. The van der Waals surface area contributed by atoms with Crippen LogP contribution in [0.1, 0.15) is 30.4 Å². The molecule has 1 saturated heterocycles. The van der Waals surface area contributed by atoms with Crippen molar-refractivity contribution in [2.45, 2.75) is 32.3 Å². The summed E-state index contributed by atoms with van der Waals surface area (Å²) in [5.41, 5.74) is 2.49. The first-order valence-corrected chi connectivity index (χ1v) is 8.37. The quantitative estimate of drug-likeness (QED) is 0.864. The zero-order chi connectivity index (χ0) is 17.2. The number of piperidine rings is 1. The Morgan fingerprint density at radius 1 is 1.25 bits per heavy atom. The highest BCUT2D eigenvalue weighted by atomic mass is 16.6. The molecule has 0 aliphatic carbocycles. The normalized spacial score (nSPS) is 22.9. The first-order chi connectivity index (χ1) is 11.6. The Morgan fingerprint density at radius 2 is 1.88 bits per heavy atom. The Labute approximate surface area is 141 Å². The van der Waals surface area contributed by atoms with E-state index in [1.54, 1.807) is 4.90 Å². The summed E-state index contributed by atoms with van der Waals surface area (Å²) in [7, 11) is 0. The van der Waals surface area contributed by atoms with Crippen LogP contribution >= 0.6 is 0 Å². The predicted octanol–water partition coefficient (Wildman–Crippen LogP) is 1.08. The van der Waals surface area contributed by atoms with Crippen LogP contribution in [0.2, 0.25) is 0 Å². The maximum absolute atomic E-state index is 12.6. The van der Waals surface area contributed by atoms with Gasteiger partial charge in [-0.1, -0.05) is 35.0 Å². The highest BCUT2D eigenvalue weighted by molar-refractivity contribution is 6.04. The number of aliphatic hydroxyl groups is 2. The van der Waals surface area contributed by atoms with Crippen molar-refractivity contribution >= 4 is 11.6 Å². The molecule has 0 saturated carbocycles. The molecule has 24 heavy (non-hydrogen) atoms. The topological polar surface area (TPSA) is 82.4 Å². The highest BCUT2D eigenvalue weighted by Crippen LogP contribution is 2.31. The maximum Gasteiger partial charge on any atom is 0.266 e. The number of amides is 1. The van der Waals surface area contributed by atoms with Gasteiger partial charge in [0.25, 0.3) is 5.91 Å². The number of aryl methyl sites for hydroxylation is 1. The fraction of sp³-hybridized carbons (Fsp3) is 0.556. The Balaban J connectivity index is 1.57. The second kappa shape index (κ2) is 6.91. The van der Waals surface area contributed by atoms with Gasteiger partial charge in [-0.25, -0.2) is 0 Å². The molecule has 1 atom stereocenters. The standard InChI is InChI=1S/C18H24N2O4/c1-13-2-4-14(5-3-13)15-10-16(24-19-15)17(23)20-8-6-18(11-21,12-22)7-9-20/h2-5,16,21-22H,6-12H2,1H3. The summed E-state index contributed by atoms with van der Waals surface area (Å²) >= 11 is 0. The molecule has 1 fully saturated rings.